The van der Waals surface area contributed by atoms with Crippen LogP contribution in [0.3, 0.4) is 0 Å². The van der Waals surface area contributed by atoms with Crippen molar-refractivity contribution in [3.63, 3.8) is 0 Å². The van der Waals surface area contributed by atoms with E-state index in [1.54, 1.807) is 12.1 Å². The standard InChI is InChI=1S/C25H27F2N5O5/c26-25(27)9-11-31(12-10-25)23(35)16-3-7-18(8-4-16)32-13-14-37-20(24(32)36)19(33)22(34)30-17-5-1-15(2-6-17)21(28)29/h1-8,19-20,33H,9-14H2,(H3,28,29)(H,30,34). The van der Waals surface area contributed by atoms with Crippen LogP contribution < -0.4 is 16.0 Å². The summed E-state index contributed by atoms with van der Waals surface area (Å²) in [6.45, 7) is 0.178. The van der Waals surface area contributed by atoms with Gasteiger partial charge in [-0.3, -0.25) is 19.8 Å². The first-order valence-corrected chi connectivity index (χ1v) is 11.7. The lowest BCUT2D eigenvalue weighted by Gasteiger charge is -2.34. The zero-order valence-corrected chi connectivity index (χ0v) is 19.8. The van der Waals surface area contributed by atoms with Gasteiger partial charge in [-0.1, -0.05) is 0 Å². The Bertz CT molecular complexity index is 1180. The van der Waals surface area contributed by atoms with E-state index < -0.39 is 29.9 Å². The molecule has 0 aliphatic carbocycles. The second-order valence-corrected chi connectivity index (χ2v) is 8.90. The molecule has 2 aliphatic heterocycles. The van der Waals surface area contributed by atoms with Crippen LogP contribution >= 0.6 is 0 Å². The summed E-state index contributed by atoms with van der Waals surface area (Å²) < 4.78 is 32.2. The number of carbonyl (C=O) groups excluding carboxylic acids is 3. The molecule has 2 unspecified atom stereocenters. The molecular formula is C25H27F2N5O5. The minimum Gasteiger partial charge on any atom is -0.384 e. The van der Waals surface area contributed by atoms with Crippen molar-refractivity contribution < 1.29 is 33.0 Å². The fourth-order valence-electron chi connectivity index (χ4n) is 4.18. The number of amides is 3. The van der Waals surface area contributed by atoms with E-state index in [2.05, 4.69) is 5.32 Å². The molecule has 0 saturated carbocycles. The van der Waals surface area contributed by atoms with Crippen LogP contribution in [0.1, 0.15) is 28.8 Å². The first-order chi connectivity index (χ1) is 17.6. The molecule has 0 spiro atoms. The van der Waals surface area contributed by atoms with Gasteiger partial charge in [0.05, 0.1) is 6.61 Å². The van der Waals surface area contributed by atoms with Crippen molar-refractivity contribution in [1.29, 1.82) is 5.41 Å². The molecule has 2 aromatic rings. The molecule has 0 bridgehead atoms. The fourth-order valence-corrected chi connectivity index (χ4v) is 4.18. The number of hydrogen-bond acceptors (Lipinski definition) is 6. The average molecular weight is 516 g/mol. The van der Waals surface area contributed by atoms with Crippen LogP contribution in [-0.2, 0) is 14.3 Å². The lowest BCUT2D eigenvalue weighted by Crippen LogP contribution is -2.55. The SMILES string of the molecule is N=C(N)c1ccc(NC(=O)C(O)C2OCCN(c3ccc(C(=O)N4CCC(F)(F)CC4)cc3)C2=O)cc1. The Labute approximate surface area is 211 Å². The maximum absolute atomic E-state index is 13.4. The van der Waals surface area contributed by atoms with Crippen LogP contribution in [0.15, 0.2) is 48.5 Å². The number of hydrogen-bond donors (Lipinski definition) is 4. The topological polar surface area (TPSA) is 149 Å². The predicted octanol–water partition coefficient (Wildman–Crippen LogP) is 1.57. The molecule has 37 heavy (non-hydrogen) atoms. The summed E-state index contributed by atoms with van der Waals surface area (Å²) in [5.41, 5.74) is 6.95. The molecule has 2 heterocycles. The number of rotatable bonds is 6. The molecule has 2 fully saturated rings. The number of carbonyl (C=O) groups is 3. The number of amidine groups is 1. The number of nitrogens with two attached hydrogens (primary N) is 1. The van der Waals surface area contributed by atoms with E-state index in [4.69, 9.17) is 15.9 Å². The van der Waals surface area contributed by atoms with E-state index in [-0.39, 0.29) is 50.8 Å². The molecule has 0 radical (unpaired) electrons. The number of nitrogens with one attached hydrogen (secondary N) is 2. The van der Waals surface area contributed by atoms with Crippen LogP contribution in [-0.4, -0.2) is 77.9 Å². The summed E-state index contributed by atoms with van der Waals surface area (Å²) in [7, 11) is 0. The van der Waals surface area contributed by atoms with Crippen LogP contribution in [0.5, 0.6) is 0 Å². The third-order valence-corrected chi connectivity index (χ3v) is 6.35. The van der Waals surface area contributed by atoms with Gasteiger partial charge in [0, 0.05) is 55.0 Å². The van der Waals surface area contributed by atoms with Gasteiger partial charge >= 0.3 is 0 Å². The number of benzene rings is 2. The second-order valence-electron chi connectivity index (χ2n) is 8.90. The number of aliphatic hydroxyl groups is 1. The van der Waals surface area contributed by atoms with Crippen molar-refractivity contribution >= 4 is 34.9 Å². The lowest BCUT2D eigenvalue weighted by molar-refractivity contribution is -0.150. The van der Waals surface area contributed by atoms with Gasteiger partial charge in [-0.15, -0.1) is 0 Å². The Hall–Kier alpha value is -3.90. The Balaban J connectivity index is 1.39. The molecule has 2 atom stereocenters. The first kappa shape index (κ1) is 26.2. The van der Waals surface area contributed by atoms with Gasteiger partial charge < -0.3 is 30.7 Å². The zero-order valence-electron chi connectivity index (χ0n) is 19.8. The third kappa shape index (κ3) is 5.92. The number of ether oxygens (including phenoxy) is 1. The number of anilines is 2. The van der Waals surface area contributed by atoms with E-state index in [0.29, 0.717) is 22.5 Å². The quantitative estimate of drug-likeness (QED) is 0.339. The summed E-state index contributed by atoms with van der Waals surface area (Å²) in [6.07, 6.45) is -3.98. The fraction of sp³-hybridized carbons (Fsp3) is 0.360. The number of alkyl halides is 2. The highest BCUT2D eigenvalue weighted by Gasteiger charge is 2.40. The van der Waals surface area contributed by atoms with E-state index in [1.807, 2.05) is 0 Å². The van der Waals surface area contributed by atoms with E-state index in [1.165, 1.54) is 46.2 Å². The smallest absolute Gasteiger partial charge is 0.259 e. The number of aliphatic hydroxyl groups excluding tert-OH is 1. The summed E-state index contributed by atoms with van der Waals surface area (Å²) in [5.74, 6) is -4.72. The zero-order chi connectivity index (χ0) is 26.7. The molecule has 2 aliphatic rings. The van der Waals surface area contributed by atoms with Gasteiger partial charge in [0.1, 0.15) is 5.84 Å². The number of nitrogens with zero attached hydrogens (tertiary/aromatic N) is 2. The normalized spacial score (nSPS) is 20.3. The van der Waals surface area contributed by atoms with Crippen molar-refractivity contribution in [2.45, 2.75) is 31.0 Å². The molecule has 3 amide bonds. The number of piperidine rings is 1. The summed E-state index contributed by atoms with van der Waals surface area (Å²) in [6, 6.07) is 12.2. The van der Waals surface area contributed by atoms with Gasteiger partial charge in [-0.05, 0) is 48.5 Å². The van der Waals surface area contributed by atoms with Crippen molar-refractivity contribution in [3.8, 4) is 0 Å². The van der Waals surface area contributed by atoms with Crippen LogP contribution in [0, 0.1) is 5.41 Å². The maximum Gasteiger partial charge on any atom is 0.259 e. The van der Waals surface area contributed by atoms with Gasteiger partial charge in [-0.25, -0.2) is 8.78 Å². The highest BCUT2D eigenvalue weighted by Crippen LogP contribution is 2.29. The van der Waals surface area contributed by atoms with E-state index >= 15 is 0 Å². The average Bonchev–Trinajstić information content (AvgIpc) is 2.88. The van der Waals surface area contributed by atoms with Gasteiger partial charge in [-0.2, -0.15) is 0 Å². The van der Waals surface area contributed by atoms with Crippen molar-refractivity contribution in [2.75, 3.05) is 36.5 Å². The summed E-state index contributed by atoms with van der Waals surface area (Å²) in [4.78, 5) is 41.0. The Morgan fingerprint density at radius 1 is 1.05 bits per heavy atom. The van der Waals surface area contributed by atoms with E-state index in [0.717, 1.165) is 0 Å². The minimum absolute atomic E-state index is 0.0297. The minimum atomic E-state index is -2.75. The Morgan fingerprint density at radius 3 is 2.24 bits per heavy atom. The monoisotopic (exact) mass is 515 g/mol. The molecule has 12 heteroatoms. The summed E-state index contributed by atoms with van der Waals surface area (Å²) >= 11 is 0. The molecule has 196 valence electrons. The van der Waals surface area contributed by atoms with Crippen molar-refractivity contribution in [2.24, 2.45) is 5.73 Å². The molecule has 10 nitrogen and oxygen atoms in total. The Kier molecular flexibility index (Phi) is 7.50. The number of halogens is 2. The predicted molar refractivity (Wildman–Crippen MR) is 131 cm³/mol. The number of nitrogen functional groups attached to an aromatic ring is 1. The summed E-state index contributed by atoms with van der Waals surface area (Å²) in [5, 5.41) is 20.4. The molecular weight excluding hydrogens is 488 g/mol. The molecule has 0 aromatic heterocycles. The highest BCUT2D eigenvalue weighted by molar-refractivity contribution is 6.04. The van der Waals surface area contributed by atoms with Gasteiger partial charge in [0.15, 0.2) is 12.2 Å². The van der Waals surface area contributed by atoms with Crippen LogP contribution in [0.4, 0.5) is 20.2 Å². The van der Waals surface area contributed by atoms with Crippen LogP contribution in [0.25, 0.3) is 0 Å². The molecule has 2 aromatic carbocycles. The molecule has 4 rings (SSSR count). The van der Waals surface area contributed by atoms with Crippen LogP contribution in [0.2, 0.25) is 0 Å². The largest absolute Gasteiger partial charge is 0.384 e. The lowest BCUT2D eigenvalue weighted by atomic mass is 10.0. The van der Waals surface area contributed by atoms with Crippen molar-refractivity contribution in [1.82, 2.24) is 4.90 Å². The van der Waals surface area contributed by atoms with Gasteiger partial charge in [0.25, 0.3) is 23.6 Å². The molecule has 5 N–H and O–H groups in total. The molecule has 2 saturated heterocycles. The maximum atomic E-state index is 13.4. The Morgan fingerprint density at radius 2 is 1.65 bits per heavy atom. The van der Waals surface area contributed by atoms with E-state index in [9.17, 15) is 28.3 Å². The van der Waals surface area contributed by atoms with Gasteiger partial charge in [0.2, 0.25) is 0 Å². The first-order valence-electron chi connectivity index (χ1n) is 11.7. The number of likely N-dealkylation sites (tertiary alicyclic amines) is 1. The highest BCUT2D eigenvalue weighted by atomic mass is 19.3. The number of morpholine rings is 1. The van der Waals surface area contributed by atoms with Crippen molar-refractivity contribution in [3.05, 3.63) is 59.7 Å². The second kappa shape index (κ2) is 10.6. The third-order valence-electron chi connectivity index (χ3n) is 6.35.